The van der Waals surface area contributed by atoms with Gasteiger partial charge in [0.15, 0.2) is 0 Å². The Kier molecular flexibility index (Phi) is 5.84. The summed E-state index contributed by atoms with van der Waals surface area (Å²) in [6.07, 6.45) is 2.09. The first-order valence-electron chi connectivity index (χ1n) is 9.86. The number of nitrogens with zero attached hydrogens (tertiary/aromatic N) is 3. The maximum Gasteiger partial charge on any atom is 0.263 e. The Morgan fingerprint density at radius 3 is 2.50 bits per heavy atom. The number of carbonyl (C=O) groups excluding carboxylic acids is 2. The van der Waals surface area contributed by atoms with Crippen LogP contribution in [0.2, 0.25) is 0 Å². The van der Waals surface area contributed by atoms with Crippen molar-refractivity contribution >= 4 is 21.8 Å². The fourth-order valence-electron chi connectivity index (χ4n) is 4.36. The average molecular weight is 464 g/mol. The molecule has 2 aliphatic heterocycles. The number of rotatable bonds is 5. The van der Waals surface area contributed by atoms with Crippen molar-refractivity contribution in [3.8, 4) is 11.6 Å². The van der Waals surface area contributed by atoms with Crippen molar-refractivity contribution in [1.29, 1.82) is 0 Å². The smallest absolute Gasteiger partial charge is 0.263 e. The molecule has 3 heterocycles. The number of piperazine rings is 1. The molecule has 2 saturated heterocycles. The number of carbonyl (C=O) groups is 2. The predicted octanol–water partition coefficient (Wildman–Crippen LogP) is 1.27. The molecular formula is C20H21FN4O6S. The van der Waals surface area contributed by atoms with Gasteiger partial charge in [-0.2, -0.15) is 4.31 Å². The van der Waals surface area contributed by atoms with Gasteiger partial charge in [0, 0.05) is 25.6 Å². The Hall–Kier alpha value is -3.09. The molecule has 0 spiro atoms. The topological polar surface area (TPSA) is 129 Å². The van der Waals surface area contributed by atoms with Crippen molar-refractivity contribution in [2.75, 3.05) is 6.54 Å². The summed E-state index contributed by atoms with van der Waals surface area (Å²) >= 11 is 0. The van der Waals surface area contributed by atoms with Gasteiger partial charge < -0.3 is 9.64 Å². The monoisotopic (exact) mass is 464 g/mol. The standard InChI is InChI=1S/C20H21FN4O6S/c1-12(26)25-14-4-8-17(25)19(20(27)23-28)24(11-14)32(29,30)16-7-9-18(22-10-16)31-15-5-2-13(21)3-6-15/h2-3,5-7,9-10,14,17,19,28H,4,8,11H2,1H3,(H,23,27)/t14-,17+,19-/m1/s1. The highest BCUT2D eigenvalue weighted by atomic mass is 32.2. The zero-order valence-electron chi connectivity index (χ0n) is 17.0. The molecule has 0 aliphatic carbocycles. The number of amides is 2. The Balaban J connectivity index is 1.61. The quantitative estimate of drug-likeness (QED) is 0.504. The zero-order chi connectivity index (χ0) is 23.0. The minimum Gasteiger partial charge on any atom is -0.439 e. The summed E-state index contributed by atoms with van der Waals surface area (Å²) in [5.74, 6) is -1.16. The second-order valence-electron chi connectivity index (χ2n) is 7.61. The Morgan fingerprint density at radius 2 is 1.91 bits per heavy atom. The zero-order valence-corrected chi connectivity index (χ0v) is 17.8. The Bertz CT molecular complexity index is 1130. The minimum atomic E-state index is -4.18. The van der Waals surface area contributed by atoms with Gasteiger partial charge in [0.1, 0.15) is 22.5 Å². The van der Waals surface area contributed by atoms with Crippen LogP contribution in [0.3, 0.4) is 0 Å². The van der Waals surface area contributed by atoms with Crippen LogP contribution in [0.25, 0.3) is 0 Å². The van der Waals surface area contributed by atoms with Crippen LogP contribution in [0.4, 0.5) is 4.39 Å². The minimum absolute atomic E-state index is 0.0790. The number of benzene rings is 1. The van der Waals surface area contributed by atoms with Gasteiger partial charge in [0.2, 0.25) is 21.8 Å². The third-order valence-corrected chi connectivity index (χ3v) is 7.54. The van der Waals surface area contributed by atoms with Crippen molar-refractivity contribution in [1.82, 2.24) is 19.7 Å². The van der Waals surface area contributed by atoms with Gasteiger partial charge in [-0.15, -0.1) is 0 Å². The third kappa shape index (κ3) is 3.92. The highest BCUT2D eigenvalue weighted by molar-refractivity contribution is 7.89. The van der Waals surface area contributed by atoms with E-state index in [1.165, 1.54) is 53.7 Å². The van der Waals surface area contributed by atoms with Gasteiger partial charge in [-0.25, -0.2) is 23.3 Å². The van der Waals surface area contributed by atoms with Crippen LogP contribution < -0.4 is 10.2 Å². The number of sulfonamides is 1. The summed E-state index contributed by atoms with van der Waals surface area (Å²) < 4.78 is 46.2. The molecule has 3 atom stereocenters. The SMILES string of the molecule is CC(=O)N1[C@@H]2CC[C@H]1[C@H](C(=O)NO)N(S(=O)(=O)c1ccc(Oc3ccc(F)cc3)nc1)C2. The molecular weight excluding hydrogens is 443 g/mol. The molecule has 1 aromatic carbocycles. The molecule has 2 fully saturated rings. The largest absolute Gasteiger partial charge is 0.439 e. The number of hydrogen-bond donors (Lipinski definition) is 2. The molecule has 4 rings (SSSR count). The summed E-state index contributed by atoms with van der Waals surface area (Å²) in [5.41, 5.74) is 1.53. The van der Waals surface area contributed by atoms with E-state index in [0.717, 1.165) is 10.5 Å². The molecule has 2 bridgehead atoms. The first-order chi connectivity index (χ1) is 15.2. The molecule has 2 aromatic rings. The number of halogens is 1. The van der Waals surface area contributed by atoms with Gasteiger partial charge in [0.25, 0.3) is 5.91 Å². The molecule has 2 aliphatic rings. The second kappa shape index (κ2) is 8.45. The van der Waals surface area contributed by atoms with Crippen molar-refractivity contribution in [3.63, 3.8) is 0 Å². The highest BCUT2D eigenvalue weighted by Gasteiger charge is 2.54. The van der Waals surface area contributed by atoms with E-state index in [9.17, 15) is 27.6 Å². The van der Waals surface area contributed by atoms with Crippen LogP contribution in [-0.4, -0.2) is 64.3 Å². The van der Waals surface area contributed by atoms with E-state index in [-0.39, 0.29) is 29.3 Å². The van der Waals surface area contributed by atoms with Gasteiger partial charge in [-0.05, 0) is 43.2 Å². The number of ether oxygens (including phenoxy) is 1. The van der Waals surface area contributed by atoms with E-state index in [1.54, 1.807) is 0 Å². The van der Waals surface area contributed by atoms with Gasteiger partial charge in [-0.1, -0.05) is 0 Å². The molecule has 10 nitrogen and oxygen atoms in total. The molecule has 1 aromatic heterocycles. The van der Waals surface area contributed by atoms with Gasteiger partial charge >= 0.3 is 0 Å². The van der Waals surface area contributed by atoms with Crippen LogP contribution in [0, 0.1) is 5.82 Å². The molecule has 12 heteroatoms. The van der Waals surface area contributed by atoms with E-state index in [0.29, 0.717) is 18.6 Å². The summed E-state index contributed by atoms with van der Waals surface area (Å²) in [5, 5.41) is 9.21. The van der Waals surface area contributed by atoms with Crippen LogP contribution in [0.15, 0.2) is 47.5 Å². The number of hydrogen-bond acceptors (Lipinski definition) is 7. The van der Waals surface area contributed by atoms with Crippen LogP contribution in [0.5, 0.6) is 11.6 Å². The van der Waals surface area contributed by atoms with Crippen LogP contribution in [0.1, 0.15) is 19.8 Å². The maximum atomic E-state index is 13.4. The van der Waals surface area contributed by atoms with Crippen molar-refractivity contribution < 1.29 is 32.3 Å². The van der Waals surface area contributed by atoms with E-state index in [4.69, 9.17) is 4.74 Å². The van der Waals surface area contributed by atoms with E-state index in [1.807, 2.05) is 0 Å². The third-order valence-electron chi connectivity index (χ3n) is 5.71. The summed E-state index contributed by atoms with van der Waals surface area (Å²) in [7, 11) is -4.18. The molecule has 2 amide bonds. The number of nitrogens with one attached hydrogen (secondary N) is 1. The van der Waals surface area contributed by atoms with E-state index >= 15 is 0 Å². The molecule has 0 saturated carbocycles. The Labute approximate surface area is 183 Å². The van der Waals surface area contributed by atoms with Crippen molar-refractivity contribution in [2.24, 2.45) is 0 Å². The lowest BCUT2D eigenvalue weighted by atomic mass is 10.0. The van der Waals surface area contributed by atoms with Crippen LogP contribution in [-0.2, 0) is 19.6 Å². The fourth-order valence-corrected chi connectivity index (χ4v) is 5.96. The van der Waals surface area contributed by atoms with Crippen molar-refractivity contribution in [3.05, 3.63) is 48.4 Å². The normalized spacial score (nSPS) is 23.1. The number of fused-ring (bicyclic) bond motifs is 2. The lowest BCUT2D eigenvalue weighted by Gasteiger charge is -2.44. The fraction of sp³-hybridized carbons (Fsp3) is 0.350. The summed E-state index contributed by atoms with van der Waals surface area (Å²) in [6, 6.07) is 5.57. The Morgan fingerprint density at radius 1 is 1.19 bits per heavy atom. The lowest BCUT2D eigenvalue weighted by molar-refractivity contribution is -0.143. The molecule has 170 valence electrons. The maximum absolute atomic E-state index is 13.4. The van der Waals surface area contributed by atoms with Gasteiger partial charge in [-0.3, -0.25) is 14.8 Å². The summed E-state index contributed by atoms with van der Waals surface area (Å²) in [6.45, 7) is 1.29. The van der Waals surface area contributed by atoms with Crippen molar-refractivity contribution in [2.45, 2.75) is 42.8 Å². The number of aromatic nitrogens is 1. The van der Waals surface area contributed by atoms with Crippen LogP contribution >= 0.6 is 0 Å². The number of hydroxylamine groups is 1. The summed E-state index contributed by atoms with van der Waals surface area (Å²) in [4.78, 5) is 29.8. The number of pyridine rings is 1. The predicted molar refractivity (Wildman–Crippen MR) is 108 cm³/mol. The molecule has 0 unspecified atom stereocenters. The lowest BCUT2D eigenvalue weighted by Crippen LogP contribution is -2.66. The molecule has 0 radical (unpaired) electrons. The van der Waals surface area contributed by atoms with E-state index in [2.05, 4.69) is 4.98 Å². The molecule has 2 N–H and O–H groups in total. The van der Waals surface area contributed by atoms with Gasteiger partial charge in [0.05, 0.1) is 12.2 Å². The first-order valence-corrected chi connectivity index (χ1v) is 11.3. The first kappa shape index (κ1) is 22.1. The van der Waals surface area contributed by atoms with E-state index < -0.39 is 33.8 Å². The highest BCUT2D eigenvalue weighted by Crippen LogP contribution is 2.37. The molecule has 32 heavy (non-hydrogen) atoms. The average Bonchev–Trinajstić information content (AvgIpc) is 3.09. The second-order valence-corrected chi connectivity index (χ2v) is 9.50.